The van der Waals surface area contributed by atoms with Crippen molar-refractivity contribution < 1.29 is 0 Å². The molecule has 1 rings (SSSR count). The summed E-state index contributed by atoms with van der Waals surface area (Å²) < 4.78 is 1.02. The van der Waals surface area contributed by atoms with E-state index in [1.807, 2.05) is 18.3 Å². The lowest BCUT2D eigenvalue weighted by Crippen LogP contribution is -2.02. The van der Waals surface area contributed by atoms with Crippen LogP contribution in [-0.4, -0.2) is 11.5 Å². The molecule has 1 aromatic rings. The molecule has 1 aromatic heterocycles. The number of hydrogen-bond acceptors (Lipinski definition) is 2. The van der Waals surface area contributed by atoms with Gasteiger partial charge in [0.05, 0.1) is 0 Å². The van der Waals surface area contributed by atoms with Gasteiger partial charge in [-0.3, -0.25) is 0 Å². The molecule has 0 bridgehead atoms. The molecule has 0 fully saturated rings. The molecule has 13 heavy (non-hydrogen) atoms. The quantitative estimate of drug-likeness (QED) is 0.801. The van der Waals surface area contributed by atoms with E-state index in [2.05, 4.69) is 33.2 Å². The Morgan fingerprint density at radius 3 is 2.85 bits per heavy atom. The third-order valence-electron chi connectivity index (χ3n) is 1.81. The molecule has 0 spiro atoms. The van der Waals surface area contributed by atoms with Crippen molar-refractivity contribution in [1.82, 2.24) is 4.98 Å². The zero-order valence-corrected chi connectivity index (χ0v) is 9.47. The predicted molar refractivity (Wildman–Crippen MR) is 60.0 cm³/mol. The minimum atomic E-state index is 0.958. The lowest BCUT2D eigenvalue weighted by Gasteiger charge is -2.03. The molecule has 0 amide bonds. The normalized spacial score (nSPS) is 10.0. The number of nitrogens with one attached hydrogen (secondary N) is 1. The molecule has 0 aliphatic rings. The molecule has 0 unspecified atom stereocenters. The molecule has 72 valence electrons. The van der Waals surface area contributed by atoms with Gasteiger partial charge in [0.1, 0.15) is 5.82 Å². The van der Waals surface area contributed by atoms with E-state index in [1.54, 1.807) is 0 Å². The molecule has 3 heteroatoms. The Morgan fingerprint density at radius 1 is 1.38 bits per heavy atom. The molecule has 0 saturated carbocycles. The Bertz CT molecular complexity index is 233. The first kappa shape index (κ1) is 10.5. The highest BCUT2D eigenvalue weighted by molar-refractivity contribution is 9.10. The standard InChI is InChI=1S/C10H15BrN2/c1-2-3-4-7-12-10-6-5-9(11)8-13-10/h5-6,8H,2-4,7H2,1H3,(H,12,13). The summed E-state index contributed by atoms with van der Waals surface area (Å²) in [6, 6.07) is 3.98. The highest BCUT2D eigenvalue weighted by Gasteiger charge is 1.92. The minimum absolute atomic E-state index is 0.958. The maximum atomic E-state index is 4.22. The fourth-order valence-corrected chi connectivity index (χ4v) is 1.31. The second-order valence-corrected chi connectivity index (χ2v) is 3.91. The number of unbranched alkanes of at least 4 members (excludes halogenated alkanes) is 2. The number of anilines is 1. The number of pyridine rings is 1. The highest BCUT2D eigenvalue weighted by atomic mass is 79.9. The van der Waals surface area contributed by atoms with Crippen LogP contribution in [-0.2, 0) is 0 Å². The van der Waals surface area contributed by atoms with E-state index in [9.17, 15) is 0 Å². The van der Waals surface area contributed by atoms with Gasteiger partial charge < -0.3 is 5.32 Å². The summed E-state index contributed by atoms with van der Waals surface area (Å²) >= 11 is 3.35. The molecule has 1 N–H and O–H groups in total. The smallest absolute Gasteiger partial charge is 0.125 e. The van der Waals surface area contributed by atoms with Gasteiger partial charge in [-0.05, 0) is 34.5 Å². The number of aromatic nitrogens is 1. The monoisotopic (exact) mass is 242 g/mol. The molecule has 0 saturated heterocycles. The fraction of sp³-hybridized carbons (Fsp3) is 0.500. The maximum absolute atomic E-state index is 4.22. The summed E-state index contributed by atoms with van der Waals surface area (Å²) in [5.74, 6) is 0.958. The van der Waals surface area contributed by atoms with Crippen LogP contribution in [0.4, 0.5) is 5.82 Å². The first-order valence-corrected chi connectivity index (χ1v) is 5.47. The molecule has 0 radical (unpaired) electrons. The average Bonchev–Trinajstić information content (AvgIpc) is 2.15. The fourth-order valence-electron chi connectivity index (χ4n) is 1.07. The van der Waals surface area contributed by atoms with E-state index in [0.29, 0.717) is 0 Å². The molecule has 0 aliphatic carbocycles. The van der Waals surface area contributed by atoms with Crippen LogP contribution >= 0.6 is 15.9 Å². The van der Waals surface area contributed by atoms with Crippen LogP contribution in [0.5, 0.6) is 0 Å². The summed E-state index contributed by atoms with van der Waals surface area (Å²) in [6.45, 7) is 3.22. The van der Waals surface area contributed by atoms with Crippen LogP contribution in [0.15, 0.2) is 22.8 Å². The zero-order valence-electron chi connectivity index (χ0n) is 7.89. The van der Waals surface area contributed by atoms with Gasteiger partial charge in [0.25, 0.3) is 0 Å². The highest BCUT2D eigenvalue weighted by Crippen LogP contribution is 2.10. The van der Waals surface area contributed by atoms with Crippen LogP contribution in [0, 0.1) is 0 Å². The second kappa shape index (κ2) is 5.97. The molecule has 0 aromatic carbocycles. The van der Waals surface area contributed by atoms with E-state index in [4.69, 9.17) is 0 Å². The zero-order chi connectivity index (χ0) is 9.52. The van der Waals surface area contributed by atoms with E-state index in [1.165, 1.54) is 19.3 Å². The number of halogens is 1. The molecule has 2 nitrogen and oxygen atoms in total. The van der Waals surface area contributed by atoms with Gasteiger partial charge in [0, 0.05) is 17.2 Å². The van der Waals surface area contributed by atoms with Crippen LogP contribution in [0.1, 0.15) is 26.2 Å². The first-order chi connectivity index (χ1) is 6.33. The second-order valence-electron chi connectivity index (χ2n) is 3.00. The van der Waals surface area contributed by atoms with Gasteiger partial charge in [-0.15, -0.1) is 0 Å². The average molecular weight is 243 g/mol. The van der Waals surface area contributed by atoms with Gasteiger partial charge in [0.15, 0.2) is 0 Å². The Kier molecular flexibility index (Phi) is 4.83. The molecule has 1 heterocycles. The first-order valence-electron chi connectivity index (χ1n) is 4.68. The van der Waals surface area contributed by atoms with Crippen molar-refractivity contribution in [2.75, 3.05) is 11.9 Å². The Balaban J connectivity index is 2.25. The third kappa shape index (κ3) is 4.27. The van der Waals surface area contributed by atoms with Gasteiger partial charge in [-0.25, -0.2) is 4.98 Å². The van der Waals surface area contributed by atoms with E-state index in [0.717, 1.165) is 16.8 Å². The van der Waals surface area contributed by atoms with Gasteiger partial charge >= 0.3 is 0 Å². The van der Waals surface area contributed by atoms with Crippen LogP contribution in [0.2, 0.25) is 0 Å². The summed E-state index contributed by atoms with van der Waals surface area (Å²) in [5, 5.41) is 3.27. The van der Waals surface area contributed by atoms with Crippen molar-refractivity contribution >= 4 is 21.7 Å². The van der Waals surface area contributed by atoms with Crippen LogP contribution in [0.25, 0.3) is 0 Å². The maximum Gasteiger partial charge on any atom is 0.125 e. The van der Waals surface area contributed by atoms with Gasteiger partial charge in [-0.2, -0.15) is 0 Å². The van der Waals surface area contributed by atoms with Crippen LogP contribution < -0.4 is 5.32 Å². The Labute approximate surface area is 87.9 Å². The van der Waals surface area contributed by atoms with Crippen molar-refractivity contribution in [2.45, 2.75) is 26.2 Å². The third-order valence-corrected chi connectivity index (χ3v) is 2.28. The molecular formula is C10H15BrN2. The van der Waals surface area contributed by atoms with Crippen LogP contribution in [0.3, 0.4) is 0 Å². The summed E-state index contributed by atoms with van der Waals surface area (Å²) in [4.78, 5) is 4.22. The SMILES string of the molecule is CCCCCNc1ccc(Br)cn1. The number of rotatable bonds is 5. The summed E-state index contributed by atoms with van der Waals surface area (Å²) in [6.07, 6.45) is 5.56. The predicted octanol–water partition coefficient (Wildman–Crippen LogP) is 3.45. The lowest BCUT2D eigenvalue weighted by molar-refractivity contribution is 0.742. The van der Waals surface area contributed by atoms with E-state index < -0.39 is 0 Å². The summed E-state index contributed by atoms with van der Waals surface area (Å²) in [5.41, 5.74) is 0. The number of hydrogen-bond donors (Lipinski definition) is 1. The van der Waals surface area contributed by atoms with Gasteiger partial charge in [0.2, 0.25) is 0 Å². The topological polar surface area (TPSA) is 24.9 Å². The van der Waals surface area contributed by atoms with Crippen molar-refractivity contribution in [2.24, 2.45) is 0 Å². The molecule has 0 aliphatic heterocycles. The lowest BCUT2D eigenvalue weighted by atomic mass is 10.2. The Hall–Kier alpha value is -0.570. The largest absolute Gasteiger partial charge is 0.370 e. The Morgan fingerprint density at radius 2 is 2.23 bits per heavy atom. The molecular weight excluding hydrogens is 228 g/mol. The van der Waals surface area contributed by atoms with Crippen molar-refractivity contribution in [3.05, 3.63) is 22.8 Å². The van der Waals surface area contributed by atoms with E-state index in [-0.39, 0.29) is 0 Å². The van der Waals surface area contributed by atoms with Gasteiger partial charge in [-0.1, -0.05) is 19.8 Å². The molecule has 0 atom stereocenters. The minimum Gasteiger partial charge on any atom is -0.370 e. The van der Waals surface area contributed by atoms with Crippen molar-refractivity contribution in [1.29, 1.82) is 0 Å². The van der Waals surface area contributed by atoms with E-state index >= 15 is 0 Å². The summed E-state index contributed by atoms with van der Waals surface area (Å²) in [7, 11) is 0. The van der Waals surface area contributed by atoms with Crippen molar-refractivity contribution in [3.63, 3.8) is 0 Å². The van der Waals surface area contributed by atoms with Crippen molar-refractivity contribution in [3.8, 4) is 0 Å². The number of nitrogens with zero attached hydrogens (tertiary/aromatic N) is 1.